The predicted molar refractivity (Wildman–Crippen MR) is 49.6 cm³/mol. The summed E-state index contributed by atoms with van der Waals surface area (Å²) in [5.41, 5.74) is 0. The van der Waals surface area contributed by atoms with E-state index in [0.29, 0.717) is 12.0 Å². The molecule has 1 fully saturated rings. The van der Waals surface area contributed by atoms with Gasteiger partial charge in [-0.3, -0.25) is 5.41 Å². The highest BCUT2D eigenvalue weighted by Crippen LogP contribution is 2.14. The number of nitrogens with zero attached hydrogens (tertiary/aromatic N) is 1. The van der Waals surface area contributed by atoms with Gasteiger partial charge in [-0.05, 0) is 6.42 Å². The fourth-order valence-corrected chi connectivity index (χ4v) is 1.50. The Labute approximate surface area is 74.2 Å². The summed E-state index contributed by atoms with van der Waals surface area (Å²) >= 11 is 0. The molecule has 1 aliphatic heterocycles. The van der Waals surface area contributed by atoms with E-state index in [-0.39, 0.29) is 0 Å². The minimum atomic E-state index is 0.334. The van der Waals surface area contributed by atoms with Gasteiger partial charge < -0.3 is 9.64 Å². The smallest absolute Gasteiger partial charge is 0.0984 e. The Hall–Kier alpha value is -0.570. The molecule has 0 bridgehead atoms. The maximum absolute atomic E-state index is 7.78. The molecule has 12 heavy (non-hydrogen) atoms. The van der Waals surface area contributed by atoms with Crippen LogP contribution in [-0.4, -0.2) is 37.0 Å². The Bertz CT molecular complexity index is 168. The van der Waals surface area contributed by atoms with E-state index in [1.165, 1.54) is 0 Å². The summed E-state index contributed by atoms with van der Waals surface area (Å²) in [6.45, 7) is 5.99. The minimum Gasteiger partial charge on any atom is -0.380 e. The molecule has 0 aromatic heterocycles. The van der Waals surface area contributed by atoms with Gasteiger partial charge >= 0.3 is 0 Å². The number of methoxy groups -OCH3 is 1. The van der Waals surface area contributed by atoms with Crippen molar-refractivity contribution in [1.82, 2.24) is 4.90 Å². The van der Waals surface area contributed by atoms with Crippen molar-refractivity contribution < 1.29 is 4.74 Å². The quantitative estimate of drug-likeness (QED) is 0.501. The lowest BCUT2D eigenvalue weighted by molar-refractivity contribution is 0.114. The third-order valence-corrected chi connectivity index (χ3v) is 2.37. The summed E-state index contributed by atoms with van der Waals surface area (Å²) in [4.78, 5) is 2.11. The van der Waals surface area contributed by atoms with Crippen LogP contribution in [0.4, 0.5) is 0 Å². The first kappa shape index (κ1) is 9.52. The Balaban J connectivity index is 2.41. The molecule has 0 aromatic carbocycles. The van der Waals surface area contributed by atoms with E-state index in [0.717, 1.165) is 25.3 Å². The molecule has 3 heteroatoms. The van der Waals surface area contributed by atoms with Crippen LogP contribution in [0.5, 0.6) is 0 Å². The van der Waals surface area contributed by atoms with E-state index in [1.807, 2.05) is 0 Å². The number of rotatable bonds is 2. The van der Waals surface area contributed by atoms with Gasteiger partial charge in [-0.1, -0.05) is 13.8 Å². The van der Waals surface area contributed by atoms with Crippen LogP contribution in [0.15, 0.2) is 0 Å². The number of hydrogen-bond donors (Lipinski definition) is 1. The first-order valence-electron chi connectivity index (χ1n) is 4.51. The lowest BCUT2D eigenvalue weighted by atomic mass is 10.2. The Kier molecular flexibility index (Phi) is 3.09. The first-order chi connectivity index (χ1) is 5.65. The molecule has 0 aliphatic carbocycles. The lowest BCUT2D eigenvalue weighted by Crippen LogP contribution is -2.32. The van der Waals surface area contributed by atoms with Gasteiger partial charge in [0.15, 0.2) is 0 Å². The zero-order chi connectivity index (χ0) is 9.14. The molecule has 0 aromatic rings. The fourth-order valence-electron chi connectivity index (χ4n) is 1.50. The molecule has 0 radical (unpaired) electrons. The van der Waals surface area contributed by atoms with E-state index in [4.69, 9.17) is 10.1 Å². The van der Waals surface area contributed by atoms with Crippen LogP contribution in [0.25, 0.3) is 0 Å². The highest BCUT2D eigenvalue weighted by molar-refractivity contribution is 5.81. The van der Waals surface area contributed by atoms with E-state index < -0.39 is 0 Å². The van der Waals surface area contributed by atoms with Gasteiger partial charge in [-0.2, -0.15) is 0 Å². The highest BCUT2D eigenvalue weighted by Gasteiger charge is 2.24. The number of hydrogen-bond acceptors (Lipinski definition) is 2. The summed E-state index contributed by atoms with van der Waals surface area (Å²) in [6.07, 6.45) is 1.40. The van der Waals surface area contributed by atoms with E-state index in [1.54, 1.807) is 7.11 Å². The average molecular weight is 170 g/mol. The van der Waals surface area contributed by atoms with Crippen LogP contribution < -0.4 is 0 Å². The molecule has 1 N–H and O–H groups in total. The highest BCUT2D eigenvalue weighted by atomic mass is 16.5. The van der Waals surface area contributed by atoms with Gasteiger partial charge in [0.25, 0.3) is 0 Å². The Morgan fingerprint density at radius 3 is 2.67 bits per heavy atom. The molecule has 1 unspecified atom stereocenters. The van der Waals surface area contributed by atoms with Crippen LogP contribution in [-0.2, 0) is 4.74 Å². The van der Waals surface area contributed by atoms with Crippen molar-refractivity contribution in [2.75, 3.05) is 20.2 Å². The molecule has 0 amide bonds. The largest absolute Gasteiger partial charge is 0.380 e. The van der Waals surface area contributed by atoms with Crippen molar-refractivity contribution in [2.24, 2.45) is 5.92 Å². The van der Waals surface area contributed by atoms with Crippen molar-refractivity contribution >= 4 is 5.84 Å². The van der Waals surface area contributed by atoms with Crippen LogP contribution in [0.3, 0.4) is 0 Å². The first-order valence-corrected chi connectivity index (χ1v) is 4.51. The van der Waals surface area contributed by atoms with Gasteiger partial charge in [0.2, 0.25) is 0 Å². The van der Waals surface area contributed by atoms with Crippen molar-refractivity contribution in [3.8, 4) is 0 Å². The minimum absolute atomic E-state index is 0.334. The number of nitrogens with one attached hydrogen (secondary N) is 1. The molecule has 1 saturated heterocycles. The van der Waals surface area contributed by atoms with Crippen LogP contribution in [0, 0.1) is 11.3 Å². The molecular formula is C9H18N2O. The van der Waals surface area contributed by atoms with Gasteiger partial charge in [0.1, 0.15) is 0 Å². The second-order valence-electron chi connectivity index (χ2n) is 3.63. The van der Waals surface area contributed by atoms with Crippen molar-refractivity contribution in [2.45, 2.75) is 26.4 Å². The molecule has 3 nitrogen and oxygen atoms in total. The maximum Gasteiger partial charge on any atom is 0.0984 e. The third-order valence-electron chi connectivity index (χ3n) is 2.37. The monoisotopic (exact) mass is 170 g/mol. The van der Waals surface area contributed by atoms with E-state index >= 15 is 0 Å². The summed E-state index contributed by atoms with van der Waals surface area (Å²) in [5, 5.41) is 7.78. The molecule has 1 aliphatic rings. The van der Waals surface area contributed by atoms with Gasteiger partial charge in [-0.15, -0.1) is 0 Å². The van der Waals surface area contributed by atoms with Crippen LogP contribution in [0.2, 0.25) is 0 Å². The van der Waals surface area contributed by atoms with E-state index in [2.05, 4.69) is 18.7 Å². The molecular weight excluding hydrogens is 152 g/mol. The lowest BCUT2D eigenvalue weighted by Gasteiger charge is -2.21. The summed E-state index contributed by atoms with van der Waals surface area (Å²) in [6, 6.07) is 0. The van der Waals surface area contributed by atoms with Crippen molar-refractivity contribution in [1.29, 1.82) is 5.41 Å². The normalized spacial score (nSPS) is 23.7. The zero-order valence-corrected chi connectivity index (χ0v) is 8.13. The standard InChI is InChI=1S/C9H18N2O/c1-7(2)9(10)11-5-4-8(6-11)12-3/h7-8,10H,4-6H2,1-3H3. The Morgan fingerprint density at radius 1 is 1.58 bits per heavy atom. The predicted octanol–water partition coefficient (Wildman–Crippen LogP) is 1.34. The van der Waals surface area contributed by atoms with Crippen LogP contribution >= 0.6 is 0 Å². The number of amidine groups is 1. The second kappa shape index (κ2) is 3.90. The zero-order valence-electron chi connectivity index (χ0n) is 8.13. The maximum atomic E-state index is 7.78. The van der Waals surface area contributed by atoms with Crippen molar-refractivity contribution in [3.05, 3.63) is 0 Å². The van der Waals surface area contributed by atoms with E-state index in [9.17, 15) is 0 Å². The Morgan fingerprint density at radius 2 is 2.25 bits per heavy atom. The average Bonchev–Trinajstić information content (AvgIpc) is 2.50. The molecule has 70 valence electrons. The summed E-state index contributed by atoms with van der Waals surface area (Å²) in [7, 11) is 1.74. The second-order valence-corrected chi connectivity index (χ2v) is 3.63. The van der Waals surface area contributed by atoms with Gasteiger partial charge in [0.05, 0.1) is 11.9 Å². The number of likely N-dealkylation sites (tertiary alicyclic amines) is 1. The van der Waals surface area contributed by atoms with Gasteiger partial charge in [-0.25, -0.2) is 0 Å². The third kappa shape index (κ3) is 1.97. The molecule has 1 heterocycles. The molecule has 0 spiro atoms. The molecule has 0 saturated carbocycles. The number of ether oxygens (including phenoxy) is 1. The SMILES string of the molecule is COC1CCN(C(=N)C(C)C)C1. The molecule has 1 rings (SSSR count). The molecule has 1 atom stereocenters. The summed E-state index contributed by atoms with van der Waals surface area (Å²) in [5.74, 6) is 1.08. The van der Waals surface area contributed by atoms with Crippen LogP contribution in [0.1, 0.15) is 20.3 Å². The topological polar surface area (TPSA) is 36.3 Å². The summed E-state index contributed by atoms with van der Waals surface area (Å²) < 4.78 is 5.23. The fraction of sp³-hybridized carbons (Fsp3) is 0.889. The van der Waals surface area contributed by atoms with Crippen molar-refractivity contribution in [3.63, 3.8) is 0 Å². The van der Waals surface area contributed by atoms with Gasteiger partial charge in [0, 0.05) is 26.1 Å².